The van der Waals surface area contributed by atoms with Crippen LogP contribution in [0.3, 0.4) is 0 Å². The van der Waals surface area contributed by atoms with Crippen molar-refractivity contribution in [3.8, 4) is 0 Å². The number of carboxylic acids is 1. The van der Waals surface area contributed by atoms with Crippen molar-refractivity contribution in [1.29, 1.82) is 0 Å². The minimum atomic E-state index is -4.03. The molecule has 0 amide bonds. The molecule has 21 heavy (non-hydrogen) atoms. The summed E-state index contributed by atoms with van der Waals surface area (Å²) >= 11 is 2.99. The predicted molar refractivity (Wildman–Crippen MR) is 79.0 cm³/mol. The second-order valence-corrected chi connectivity index (χ2v) is 7.37. The molecule has 0 heterocycles. The SMILES string of the molecule is CN(C)CCN(CC(=O)O)S(=O)(=O)c1ccc(F)cc1Br. The van der Waals surface area contributed by atoms with Crippen LogP contribution in [0.2, 0.25) is 0 Å². The van der Waals surface area contributed by atoms with Gasteiger partial charge < -0.3 is 10.0 Å². The van der Waals surface area contributed by atoms with E-state index < -0.39 is 28.4 Å². The second kappa shape index (κ2) is 7.30. The van der Waals surface area contributed by atoms with Crippen LogP contribution in [0.25, 0.3) is 0 Å². The van der Waals surface area contributed by atoms with E-state index in [1.165, 1.54) is 0 Å². The lowest BCUT2D eigenvalue weighted by Gasteiger charge is -2.22. The van der Waals surface area contributed by atoms with Gasteiger partial charge in [-0.15, -0.1) is 0 Å². The Morgan fingerprint density at radius 3 is 2.43 bits per heavy atom. The van der Waals surface area contributed by atoms with E-state index >= 15 is 0 Å². The summed E-state index contributed by atoms with van der Waals surface area (Å²) in [5.41, 5.74) is 0. The zero-order valence-electron chi connectivity index (χ0n) is 11.6. The van der Waals surface area contributed by atoms with Gasteiger partial charge in [0.25, 0.3) is 0 Å². The number of aliphatic carboxylic acids is 1. The van der Waals surface area contributed by atoms with Gasteiger partial charge in [-0.2, -0.15) is 4.31 Å². The van der Waals surface area contributed by atoms with Crippen molar-refractivity contribution in [1.82, 2.24) is 9.21 Å². The van der Waals surface area contributed by atoms with Crippen molar-refractivity contribution in [3.05, 3.63) is 28.5 Å². The number of sulfonamides is 1. The van der Waals surface area contributed by atoms with Gasteiger partial charge in [0.2, 0.25) is 10.0 Å². The van der Waals surface area contributed by atoms with Gasteiger partial charge in [-0.25, -0.2) is 12.8 Å². The molecule has 0 bridgehead atoms. The van der Waals surface area contributed by atoms with Gasteiger partial charge in [-0.05, 0) is 48.2 Å². The maximum absolute atomic E-state index is 13.1. The number of nitrogens with zero attached hydrogens (tertiary/aromatic N) is 2. The number of likely N-dealkylation sites (N-methyl/N-ethyl adjacent to an activating group) is 1. The summed E-state index contributed by atoms with van der Waals surface area (Å²) < 4.78 is 39.0. The quantitative estimate of drug-likeness (QED) is 0.766. The Bertz CT molecular complexity index is 622. The normalized spacial score (nSPS) is 12.1. The third-order valence-corrected chi connectivity index (χ3v) is 5.44. The zero-order valence-corrected chi connectivity index (χ0v) is 14.0. The van der Waals surface area contributed by atoms with E-state index in [-0.39, 0.29) is 15.9 Å². The van der Waals surface area contributed by atoms with Gasteiger partial charge >= 0.3 is 5.97 Å². The van der Waals surface area contributed by atoms with Gasteiger partial charge in [0.05, 0.1) is 4.90 Å². The van der Waals surface area contributed by atoms with Crippen LogP contribution in [0.15, 0.2) is 27.6 Å². The number of hydrogen-bond donors (Lipinski definition) is 1. The van der Waals surface area contributed by atoms with Crippen LogP contribution >= 0.6 is 15.9 Å². The smallest absolute Gasteiger partial charge is 0.318 e. The molecule has 118 valence electrons. The summed E-state index contributed by atoms with van der Waals surface area (Å²) in [5, 5.41) is 8.88. The van der Waals surface area contributed by atoms with Crippen LogP contribution in [-0.2, 0) is 14.8 Å². The fraction of sp³-hybridized carbons (Fsp3) is 0.417. The van der Waals surface area contributed by atoms with E-state index in [9.17, 15) is 17.6 Å². The van der Waals surface area contributed by atoms with Crippen molar-refractivity contribution >= 4 is 31.9 Å². The molecule has 0 aromatic heterocycles. The molecule has 1 aromatic rings. The van der Waals surface area contributed by atoms with Crippen LogP contribution in [0.5, 0.6) is 0 Å². The molecule has 0 aliphatic carbocycles. The van der Waals surface area contributed by atoms with E-state index in [1.807, 2.05) is 0 Å². The van der Waals surface area contributed by atoms with E-state index in [4.69, 9.17) is 5.11 Å². The number of carboxylic acid groups (broad SMARTS) is 1. The van der Waals surface area contributed by atoms with E-state index in [1.54, 1.807) is 19.0 Å². The lowest BCUT2D eigenvalue weighted by Crippen LogP contribution is -2.40. The Labute approximate surface area is 131 Å². The molecule has 0 unspecified atom stereocenters. The van der Waals surface area contributed by atoms with Gasteiger partial charge in [0.15, 0.2) is 0 Å². The van der Waals surface area contributed by atoms with E-state index in [0.29, 0.717) is 6.54 Å². The molecule has 0 aliphatic rings. The van der Waals surface area contributed by atoms with Crippen LogP contribution in [-0.4, -0.2) is 62.4 Å². The zero-order chi connectivity index (χ0) is 16.2. The van der Waals surface area contributed by atoms with Crippen LogP contribution in [0, 0.1) is 5.82 Å². The molecule has 0 saturated carbocycles. The number of benzene rings is 1. The molecule has 0 saturated heterocycles. The summed E-state index contributed by atoms with van der Waals surface area (Å²) in [6.45, 7) is -0.267. The van der Waals surface area contributed by atoms with Gasteiger partial charge in [-0.3, -0.25) is 4.79 Å². The first-order valence-corrected chi connectivity index (χ1v) is 8.19. The number of carbonyl (C=O) groups is 1. The van der Waals surface area contributed by atoms with Gasteiger partial charge in [0.1, 0.15) is 12.4 Å². The summed E-state index contributed by atoms with van der Waals surface area (Å²) in [4.78, 5) is 12.5. The molecule has 0 radical (unpaired) electrons. The highest BCUT2D eigenvalue weighted by Gasteiger charge is 2.28. The molecular weight excluding hydrogens is 367 g/mol. The predicted octanol–water partition coefficient (Wildman–Crippen LogP) is 1.23. The molecule has 0 atom stereocenters. The molecular formula is C12H16BrFN2O4S. The maximum atomic E-state index is 13.1. The standard InChI is InChI=1S/C12H16BrFN2O4S/c1-15(2)5-6-16(8-12(17)18)21(19,20)11-4-3-9(14)7-10(11)13/h3-4,7H,5-6,8H2,1-2H3,(H,17,18). The van der Waals surface area contributed by atoms with Gasteiger partial charge in [0, 0.05) is 17.6 Å². The Balaban J connectivity index is 3.16. The first kappa shape index (κ1) is 18.0. The first-order chi connectivity index (χ1) is 9.64. The molecule has 1 aromatic carbocycles. The van der Waals surface area contributed by atoms with Crippen molar-refractivity contribution in [2.75, 3.05) is 33.7 Å². The molecule has 9 heteroatoms. The summed E-state index contributed by atoms with van der Waals surface area (Å²) in [6, 6.07) is 3.15. The van der Waals surface area contributed by atoms with Crippen molar-refractivity contribution in [3.63, 3.8) is 0 Å². The minimum Gasteiger partial charge on any atom is -0.480 e. The van der Waals surface area contributed by atoms with Crippen LogP contribution in [0.4, 0.5) is 4.39 Å². The molecule has 0 spiro atoms. The fourth-order valence-electron chi connectivity index (χ4n) is 1.57. The average Bonchev–Trinajstić information content (AvgIpc) is 2.33. The highest BCUT2D eigenvalue weighted by molar-refractivity contribution is 9.10. The third-order valence-electron chi connectivity index (χ3n) is 2.62. The average molecular weight is 383 g/mol. The van der Waals surface area contributed by atoms with Crippen LogP contribution in [0.1, 0.15) is 0 Å². The lowest BCUT2D eigenvalue weighted by atomic mass is 10.3. The number of halogens is 2. The van der Waals surface area contributed by atoms with E-state index in [2.05, 4.69) is 15.9 Å². The molecule has 0 fully saturated rings. The van der Waals surface area contributed by atoms with Crippen molar-refractivity contribution < 1.29 is 22.7 Å². The van der Waals surface area contributed by atoms with E-state index in [0.717, 1.165) is 22.5 Å². The lowest BCUT2D eigenvalue weighted by molar-refractivity contribution is -0.137. The topological polar surface area (TPSA) is 77.9 Å². The highest BCUT2D eigenvalue weighted by atomic mass is 79.9. The molecule has 6 nitrogen and oxygen atoms in total. The van der Waals surface area contributed by atoms with Gasteiger partial charge in [-0.1, -0.05) is 0 Å². The molecule has 1 N–H and O–H groups in total. The first-order valence-electron chi connectivity index (χ1n) is 5.96. The highest BCUT2D eigenvalue weighted by Crippen LogP contribution is 2.25. The summed E-state index contributed by atoms with van der Waals surface area (Å²) in [7, 11) is -0.528. The summed E-state index contributed by atoms with van der Waals surface area (Å²) in [5.74, 6) is -1.84. The third kappa shape index (κ3) is 5.03. The Morgan fingerprint density at radius 2 is 1.95 bits per heavy atom. The minimum absolute atomic E-state index is 0.0193. The Hall–Kier alpha value is -1.03. The molecule has 1 rings (SSSR count). The Morgan fingerprint density at radius 1 is 1.33 bits per heavy atom. The summed E-state index contributed by atoms with van der Waals surface area (Å²) in [6.07, 6.45) is 0. The monoisotopic (exact) mass is 382 g/mol. The molecule has 0 aliphatic heterocycles. The van der Waals surface area contributed by atoms with Crippen molar-refractivity contribution in [2.24, 2.45) is 0 Å². The maximum Gasteiger partial charge on any atom is 0.318 e. The number of hydrogen-bond acceptors (Lipinski definition) is 4. The fourth-order valence-corrected chi connectivity index (χ4v) is 3.96. The Kier molecular flexibility index (Phi) is 6.26. The largest absolute Gasteiger partial charge is 0.480 e. The van der Waals surface area contributed by atoms with Crippen molar-refractivity contribution in [2.45, 2.75) is 4.90 Å². The number of rotatable bonds is 7. The van der Waals surface area contributed by atoms with Crippen LogP contribution < -0.4 is 0 Å². The second-order valence-electron chi connectivity index (χ2n) is 4.61.